The first-order valence-corrected chi connectivity index (χ1v) is 6.17. The molecule has 4 heteroatoms. The molecule has 18 heavy (non-hydrogen) atoms. The Morgan fingerprint density at radius 3 is 2.44 bits per heavy atom. The summed E-state index contributed by atoms with van der Waals surface area (Å²) in [6.45, 7) is 2.10. The average molecular weight is 251 g/mol. The first-order chi connectivity index (χ1) is 8.69. The molecule has 4 nitrogen and oxygen atoms in total. The number of hydrogen-bond donors (Lipinski definition) is 1. The van der Waals surface area contributed by atoms with Crippen molar-refractivity contribution in [1.29, 1.82) is 0 Å². The summed E-state index contributed by atoms with van der Waals surface area (Å²) in [4.78, 5) is 11.3. The van der Waals surface area contributed by atoms with Crippen LogP contribution in [0.3, 0.4) is 0 Å². The van der Waals surface area contributed by atoms with Gasteiger partial charge in [0.1, 0.15) is 5.75 Å². The van der Waals surface area contributed by atoms with Crippen LogP contribution in [0.15, 0.2) is 24.3 Å². The molecular weight excluding hydrogens is 230 g/mol. The van der Waals surface area contributed by atoms with Gasteiger partial charge in [-0.1, -0.05) is 13.3 Å². The second kappa shape index (κ2) is 7.58. The highest BCUT2D eigenvalue weighted by Crippen LogP contribution is 2.18. The topological polar surface area (TPSA) is 47.6 Å². The summed E-state index contributed by atoms with van der Waals surface area (Å²) in [7, 11) is 3.05. The fourth-order valence-corrected chi connectivity index (χ4v) is 1.78. The zero-order chi connectivity index (χ0) is 13.4. The van der Waals surface area contributed by atoms with Gasteiger partial charge in [-0.2, -0.15) is 0 Å². The molecule has 0 aliphatic heterocycles. The fourth-order valence-electron chi connectivity index (χ4n) is 1.78. The number of hydrogen-bond acceptors (Lipinski definition) is 4. The zero-order valence-corrected chi connectivity index (χ0v) is 11.2. The third-order valence-corrected chi connectivity index (χ3v) is 2.74. The summed E-state index contributed by atoms with van der Waals surface area (Å²) >= 11 is 0. The van der Waals surface area contributed by atoms with Gasteiger partial charge in [-0.05, 0) is 30.7 Å². The number of benzene rings is 1. The number of carbonyl (C=O) groups excluding carboxylic acids is 1. The summed E-state index contributed by atoms with van der Waals surface area (Å²) in [5, 5.41) is 3.34. The molecule has 0 radical (unpaired) electrons. The number of anilines is 1. The Bertz CT molecular complexity index is 362. The minimum Gasteiger partial charge on any atom is -0.497 e. The van der Waals surface area contributed by atoms with Crippen LogP contribution in [-0.2, 0) is 9.53 Å². The molecule has 0 aromatic heterocycles. The summed E-state index contributed by atoms with van der Waals surface area (Å²) in [6, 6.07) is 7.78. The SMILES string of the molecule is CCC[C@H](CC(=O)OC)Nc1ccc(OC)cc1. The number of methoxy groups -OCH3 is 2. The molecule has 0 unspecified atom stereocenters. The number of carbonyl (C=O) groups is 1. The standard InChI is InChI=1S/C14H21NO3/c1-4-5-12(10-14(16)18-3)15-11-6-8-13(17-2)9-7-11/h6-9,12,15H,4-5,10H2,1-3H3/t12-/m1/s1. The van der Waals surface area contributed by atoms with Crippen LogP contribution < -0.4 is 10.1 Å². The maximum absolute atomic E-state index is 11.3. The van der Waals surface area contributed by atoms with Crippen molar-refractivity contribution in [1.82, 2.24) is 0 Å². The lowest BCUT2D eigenvalue weighted by atomic mass is 10.1. The Kier molecular flexibility index (Phi) is 6.05. The van der Waals surface area contributed by atoms with Gasteiger partial charge in [-0.25, -0.2) is 0 Å². The fraction of sp³-hybridized carbons (Fsp3) is 0.500. The number of nitrogens with one attached hydrogen (secondary N) is 1. The van der Waals surface area contributed by atoms with Crippen LogP contribution in [0.25, 0.3) is 0 Å². The lowest BCUT2D eigenvalue weighted by molar-refractivity contribution is -0.140. The van der Waals surface area contributed by atoms with Crippen molar-refractivity contribution in [2.75, 3.05) is 19.5 Å². The minimum absolute atomic E-state index is 0.107. The van der Waals surface area contributed by atoms with Gasteiger partial charge in [0.2, 0.25) is 0 Å². The highest BCUT2D eigenvalue weighted by Gasteiger charge is 2.13. The Hall–Kier alpha value is -1.71. The van der Waals surface area contributed by atoms with Gasteiger partial charge in [0.25, 0.3) is 0 Å². The molecule has 0 amide bonds. The van der Waals surface area contributed by atoms with E-state index >= 15 is 0 Å². The van der Waals surface area contributed by atoms with E-state index in [1.807, 2.05) is 24.3 Å². The maximum Gasteiger partial charge on any atom is 0.307 e. The van der Waals surface area contributed by atoms with Gasteiger partial charge >= 0.3 is 5.97 Å². The van der Waals surface area contributed by atoms with Crippen molar-refractivity contribution in [3.05, 3.63) is 24.3 Å². The van der Waals surface area contributed by atoms with Crippen molar-refractivity contribution in [2.24, 2.45) is 0 Å². The summed E-state index contributed by atoms with van der Waals surface area (Å²) in [5.74, 6) is 0.634. The lowest BCUT2D eigenvalue weighted by Crippen LogP contribution is -2.23. The maximum atomic E-state index is 11.3. The van der Waals surface area contributed by atoms with Gasteiger partial charge in [0.05, 0.1) is 20.6 Å². The molecule has 0 spiro atoms. The lowest BCUT2D eigenvalue weighted by Gasteiger charge is -2.18. The molecule has 1 aromatic carbocycles. The molecule has 0 saturated heterocycles. The molecule has 0 saturated carbocycles. The number of ether oxygens (including phenoxy) is 2. The van der Waals surface area contributed by atoms with E-state index in [0.717, 1.165) is 24.3 Å². The highest BCUT2D eigenvalue weighted by molar-refractivity contribution is 5.70. The molecule has 1 N–H and O–H groups in total. The van der Waals surface area contributed by atoms with E-state index < -0.39 is 0 Å². The highest BCUT2D eigenvalue weighted by atomic mass is 16.5. The molecule has 0 heterocycles. The van der Waals surface area contributed by atoms with E-state index in [0.29, 0.717) is 6.42 Å². The molecule has 1 aromatic rings. The van der Waals surface area contributed by atoms with E-state index in [1.165, 1.54) is 7.11 Å². The molecule has 0 aliphatic carbocycles. The molecule has 1 atom stereocenters. The van der Waals surface area contributed by atoms with Gasteiger partial charge in [0, 0.05) is 11.7 Å². The van der Waals surface area contributed by atoms with Crippen LogP contribution in [-0.4, -0.2) is 26.2 Å². The number of rotatable bonds is 7. The summed E-state index contributed by atoms with van der Waals surface area (Å²) < 4.78 is 9.80. The molecule has 0 fully saturated rings. The Morgan fingerprint density at radius 1 is 1.28 bits per heavy atom. The van der Waals surface area contributed by atoms with E-state index in [1.54, 1.807) is 7.11 Å². The van der Waals surface area contributed by atoms with Gasteiger partial charge in [-0.3, -0.25) is 4.79 Å². The normalized spacial score (nSPS) is 11.7. The smallest absolute Gasteiger partial charge is 0.307 e. The van der Waals surface area contributed by atoms with Crippen LogP contribution in [0.2, 0.25) is 0 Å². The average Bonchev–Trinajstić information content (AvgIpc) is 2.39. The molecular formula is C14H21NO3. The Balaban J connectivity index is 2.60. The number of esters is 1. The first kappa shape index (κ1) is 14.4. The Morgan fingerprint density at radius 2 is 1.94 bits per heavy atom. The van der Waals surface area contributed by atoms with Crippen molar-refractivity contribution in [3.8, 4) is 5.75 Å². The van der Waals surface area contributed by atoms with E-state index in [9.17, 15) is 4.79 Å². The Labute approximate surface area is 108 Å². The van der Waals surface area contributed by atoms with Gasteiger partial charge in [-0.15, -0.1) is 0 Å². The first-order valence-electron chi connectivity index (χ1n) is 6.17. The van der Waals surface area contributed by atoms with Crippen molar-refractivity contribution < 1.29 is 14.3 Å². The predicted octanol–water partition coefficient (Wildman–Crippen LogP) is 2.84. The summed E-state index contributed by atoms with van der Waals surface area (Å²) in [5.41, 5.74) is 0.984. The predicted molar refractivity (Wildman–Crippen MR) is 71.9 cm³/mol. The van der Waals surface area contributed by atoms with Gasteiger partial charge in [0.15, 0.2) is 0 Å². The van der Waals surface area contributed by atoms with E-state index in [4.69, 9.17) is 9.47 Å². The molecule has 100 valence electrons. The molecule has 1 rings (SSSR count). The van der Waals surface area contributed by atoms with Crippen LogP contribution in [0.5, 0.6) is 5.75 Å². The van der Waals surface area contributed by atoms with Gasteiger partial charge < -0.3 is 14.8 Å². The zero-order valence-electron chi connectivity index (χ0n) is 11.2. The van der Waals surface area contributed by atoms with E-state index in [2.05, 4.69) is 12.2 Å². The third-order valence-electron chi connectivity index (χ3n) is 2.74. The monoisotopic (exact) mass is 251 g/mol. The second-order valence-corrected chi connectivity index (χ2v) is 4.14. The van der Waals surface area contributed by atoms with Crippen LogP contribution >= 0.6 is 0 Å². The van der Waals surface area contributed by atoms with Crippen LogP contribution in [0, 0.1) is 0 Å². The molecule has 0 bridgehead atoms. The third kappa shape index (κ3) is 4.65. The second-order valence-electron chi connectivity index (χ2n) is 4.14. The van der Waals surface area contributed by atoms with Crippen LogP contribution in [0.1, 0.15) is 26.2 Å². The van der Waals surface area contributed by atoms with Crippen molar-refractivity contribution >= 4 is 11.7 Å². The van der Waals surface area contributed by atoms with E-state index in [-0.39, 0.29) is 12.0 Å². The molecule has 0 aliphatic rings. The van der Waals surface area contributed by atoms with Crippen molar-refractivity contribution in [3.63, 3.8) is 0 Å². The quantitative estimate of drug-likeness (QED) is 0.757. The van der Waals surface area contributed by atoms with Crippen LogP contribution in [0.4, 0.5) is 5.69 Å². The largest absolute Gasteiger partial charge is 0.497 e. The minimum atomic E-state index is -0.186. The van der Waals surface area contributed by atoms with Crippen molar-refractivity contribution in [2.45, 2.75) is 32.2 Å². The summed E-state index contributed by atoms with van der Waals surface area (Å²) in [6.07, 6.45) is 2.34.